The molecule has 7 nitrogen and oxygen atoms in total. The van der Waals surface area contributed by atoms with E-state index in [9.17, 15) is 9.59 Å². The van der Waals surface area contributed by atoms with Gasteiger partial charge in [0, 0.05) is 18.8 Å². The van der Waals surface area contributed by atoms with Crippen molar-refractivity contribution >= 4 is 29.1 Å². The molecule has 0 spiro atoms. The predicted octanol–water partition coefficient (Wildman–Crippen LogP) is 2.74. The Bertz CT molecular complexity index is 774. The van der Waals surface area contributed by atoms with Crippen LogP contribution in [0.5, 0.6) is 0 Å². The molecular weight excluding hydrogens is 330 g/mol. The zero-order chi connectivity index (χ0) is 18.5. The van der Waals surface area contributed by atoms with E-state index in [4.69, 9.17) is 5.73 Å². The van der Waals surface area contributed by atoms with Gasteiger partial charge in [-0.1, -0.05) is 17.7 Å². The van der Waals surface area contributed by atoms with Gasteiger partial charge in [-0.2, -0.15) is 0 Å². The summed E-state index contributed by atoms with van der Waals surface area (Å²) >= 11 is 0. The van der Waals surface area contributed by atoms with Gasteiger partial charge in [0.05, 0.1) is 17.8 Å². The summed E-state index contributed by atoms with van der Waals surface area (Å²) in [4.78, 5) is 29.9. The Hall–Kier alpha value is -3.09. The minimum absolute atomic E-state index is 0.136. The smallest absolute Gasteiger partial charge is 0.323 e. The summed E-state index contributed by atoms with van der Waals surface area (Å²) in [6.07, 6.45) is 3.34. The van der Waals surface area contributed by atoms with Gasteiger partial charge in [0.15, 0.2) is 0 Å². The average molecular weight is 353 g/mol. The summed E-state index contributed by atoms with van der Waals surface area (Å²) < 4.78 is 0. The zero-order valence-corrected chi connectivity index (χ0v) is 14.7. The molecule has 0 saturated carbocycles. The second-order valence-corrected chi connectivity index (χ2v) is 6.54. The monoisotopic (exact) mass is 353 g/mol. The summed E-state index contributed by atoms with van der Waals surface area (Å²) in [6, 6.07) is 10.9. The Labute approximate surface area is 152 Å². The van der Waals surface area contributed by atoms with Crippen molar-refractivity contribution in [3.63, 3.8) is 0 Å². The number of aromatic nitrogens is 1. The van der Waals surface area contributed by atoms with Crippen LogP contribution in [0.4, 0.5) is 22.0 Å². The number of amides is 3. The lowest BCUT2D eigenvalue weighted by molar-refractivity contribution is -0.122. The lowest BCUT2D eigenvalue weighted by Gasteiger charge is -2.32. The normalized spacial score (nSPS) is 16.8. The van der Waals surface area contributed by atoms with Gasteiger partial charge in [-0.15, -0.1) is 0 Å². The molecule has 3 amide bonds. The summed E-state index contributed by atoms with van der Waals surface area (Å²) in [5, 5.41) is 5.53. The van der Waals surface area contributed by atoms with Crippen molar-refractivity contribution in [3.05, 3.63) is 48.2 Å². The molecule has 1 unspecified atom stereocenters. The van der Waals surface area contributed by atoms with Crippen LogP contribution in [0, 0.1) is 12.8 Å². The number of nitrogens with zero attached hydrogens (tertiary/aromatic N) is 2. The molecule has 26 heavy (non-hydrogen) atoms. The van der Waals surface area contributed by atoms with Crippen LogP contribution in [0.25, 0.3) is 0 Å². The Balaban J connectivity index is 1.58. The van der Waals surface area contributed by atoms with Crippen molar-refractivity contribution < 1.29 is 9.59 Å². The number of piperidine rings is 1. The van der Waals surface area contributed by atoms with Gasteiger partial charge in [0.25, 0.3) is 0 Å². The SMILES string of the molecule is Cc1ccc(NC(=O)Nc2ccc(N3CCCC(C(N)=O)C3)nc2)cc1. The predicted molar refractivity (Wildman–Crippen MR) is 102 cm³/mol. The van der Waals surface area contributed by atoms with E-state index in [1.165, 1.54) is 0 Å². The lowest BCUT2D eigenvalue weighted by atomic mass is 9.97. The fraction of sp³-hybridized carbons (Fsp3) is 0.316. The van der Waals surface area contributed by atoms with E-state index in [2.05, 4.69) is 20.5 Å². The summed E-state index contributed by atoms with van der Waals surface area (Å²) in [5.74, 6) is 0.379. The van der Waals surface area contributed by atoms with E-state index in [-0.39, 0.29) is 17.9 Å². The Morgan fingerprint density at radius 2 is 1.81 bits per heavy atom. The number of carbonyl (C=O) groups is 2. The first-order chi connectivity index (χ1) is 12.5. The Kier molecular flexibility index (Phi) is 5.36. The Morgan fingerprint density at radius 3 is 2.46 bits per heavy atom. The van der Waals surface area contributed by atoms with Gasteiger partial charge < -0.3 is 21.3 Å². The minimum Gasteiger partial charge on any atom is -0.369 e. The van der Waals surface area contributed by atoms with Gasteiger partial charge in [0.1, 0.15) is 5.82 Å². The number of rotatable bonds is 4. The number of benzene rings is 1. The highest BCUT2D eigenvalue weighted by Gasteiger charge is 2.24. The number of primary amides is 1. The summed E-state index contributed by atoms with van der Waals surface area (Å²) in [6.45, 7) is 3.42. The van der Waals surface area contributed by atoms with Gasteiger partial charge in [-0.3, -0.25) is 4.79 Å². The third-order valence-corrected chi connectivity index (χ3v) is 4.46. The van der Waals surface area contributed by atoms with Gasteiger partial charge in [0.2, 0.25) is 5.91 Å². The fourth-order valence-corrected chi connectivity index (χ4v) is 2.99. The molecule has 1 aliphatic heterocycles. The molecule has 136 valence electrons. The average Bonchev–Trinajstić information content (AvgIpc) is 2.64. The third kappa shape index (κ3) is 4.50. The Morgan fingerprint density at radius 1 is 1.12 bits per heavy atom. The molecule has 3 rings (SSSR count). The second kappa shape index (κ2) is 7.86. The number of anilines is 3. The quantitative estimate of drug-likeness (QED) is 0.787. The van der Waals surface area contributed by atoms with E-state index in [1.807, 2.05) is 37.3 Å². The van der Waals surface area contributed by atoms with Gasteiger partial charge in [-0.05, 0) is 44.0 Å². The number of hydrogen-bond donors (Lipinski definition) is 3. The van der Waals surface area contributed by atoms with Crippen LogP contribution in [0.1, 0.15) is 18.4 Å². The van der Waals surface area contributed by atoms with Crippen LogP contribution in [-0.2, 0) is 4.79 Å². The molecule has 7 heteroatoms. The maximum atomic E-state index is 12.1. The largest absolute Gasteiger partial charge is 0.369 e. The summed E-state index contributed by atoms with van der Waals surface area (Å²) in [7, 11) is 0. The topological polar surface area (TPSA) is 100 Å². The molecule has 2 heterocycles. The van der Waals surface area contributed by atoms with Crippen LogP contribution in [-0.4, -0.2) is 30.0 Å². The second-order valence-electron chi connectivity index (χ2n) is 6.54. The van der Waals surface area contributed by atoms with Crippen molar-refractivity contribution in [3.8, 4) is 0 Å². The number of nitrogens with two attached hydrogens (primary N) is 1. The molecular formula is C19H23N5O2. The molecule has 0 bridgehead atoms. The first-order valence-electron chi connectivity index (χ1n) is 8.66. The van der Waals surface area contributed by atoms with Crippen LogP contribution in [0.2, 0.25) is 0 Å². The molecule has 1 atom stereocenters. The molecule has 1 aliphatic rings. The van der Waals surface area contributed by atoms with E-state index >= 15 is 0 Å². The maximum Gasteiger partial charge on any atom is 0.323 e. The third-order valence-electron chi connectivity index (χ3n) is 4.46. The maximum absolute atomic E-state index is 12.1. The van der Waals surface area contributed by atoms with E-state index in [1.54, 1.807) is 12.3 Å². The molecule has 1 aromatic carbocycles. The molecule has 1 fully saturated rings. The molecule has 1 aromatic heterocycles. The highest BCUT2D eigenvalue weighted by molar-refractivity contribution is 5.99. The van der Waals surface area contributed by atoms with Crippen LogP contribution >= 0.6 is 0 Å². The van der Waals surface area contributed by atoms with Crippen LogP contribution in [0.3, 0.4) is 0 Å². The molecule has 1 saturated heterocycles. The molecule has 2 aromatic rings. The standard InChI is InChI=1S/C19H23N5O2/c1-13-4-6-15(7-5-13)22-19(26)23-16-8-9-17(21-11-16)24-10-2-3-14(12-24)18(20)25/h4-9,11,14H,2-3,10,12H2,1H3,(H2,20,25)(H2,22,23,26). The number of nitrogens with one attached hydrogen (secondary N) is 2. The first-order valence-corrected chi connectivity index (χ1v) is 8.66. The van der Waals surface area contributed by atoms with Crippen LogP contribution < -0.4 is 21.3 Å². The highest BCUT2D eigenvalue weighted by atomic mass is 16.2. The minimum atomic E-state index is -0.324. The zero-order valence-electron chi connectivity index (χ0n) is 14.7. The number of hydrogen-bond acceptors (Lipinski definition) is 4. The van der Waals surface area contributed by atoms with E-state index < -0.39 is 0 Å². The van der Waals surface area contributed by atoms with E-state index in [0.29, 0.717) is 12.2 Å². The first kappa shape index (κ1) is 17.7. The number of carbonyl (C=O) groups excluding carboxylic acids is 2. The van der Waals surface area contributed by atoms with Crippen molar-refractivity contribution in [1.29, 1.82) is 0 Å². The van der Waals surface area contributed by atoms with Crippen molar-refractivity contribution in [2.24, 2.45) is 11.7 Å². The number of urea groups is 1. The van der Waals surface area contributed by atoms with Gasteiger partial charge >= 0.3 is 6.03 Å². The van der Waals surface area contributed by atoms with Crippen molar-refractivity contribution in [2.75, 3.05) is 28.6 Å². The lowest BCUT2D eigenvalue weighted by Crippen LogP contribution is -2.41. The van der Waals surface area contributed by atoms with Crippen LogP contribution in [0.15, 0.2) is 42.6 Å². The molecule has 0 aliphatic carbocycles. The molecule has 4 N–H and O–H groups in total. The van der Waals surface area contributed by atoms with Gasteiger partial charge in [-0.25, -0.2) is 9.78 Å². The summed E-state index contributed by atoms with van der Waals surface area (Å²) in [5.41, 5.74) is 7.87. The van der Waals surface area contributed by atoms with Crippen molar-refractivity contribution in [1.82, 2.24) is 4.98 Å². The molecule has 0 radical (unpaired) electrons. The highest BCUT2D eigenvalue weighted by Crippen LogP contribution is 2.22. The van der Waals surface area contributed by atoms with E-state index in [0.717, 1.165) is 36.5 Å². The van der Waals surface area contributed by atoms with Crippen molar-refractivity contribution in [2.45, 2.75) is 19.8 Å². The number of aryl methyl sites for hydroxylation is 1. The number of pyridine rings is 1. The fourth-order valence-electron chi connectivity index (χ4n) is 2.99.